The Hall–Kier alpha value is -2.10. The lowest BCUT2D eigenvalue weighted by molar-refractivity contribution is 0.685. The summed E-state index contributed by atoms with van der Waals surface area (Å²) >= 11 is 0. The summed E-state index contributed by atoms with van der Waals surface area (Å²) in [5.74, 6) is 0.528. The number of benzene rings is 1. The van der Waals surface area contributed by atoms with Crippen molar-refractivity contribution in [1.82, 2.24) is 19.7 Å². The molecule has 0 amide bonds. The van der Waals surface area contributed by atoms with E-state index < -0.39 is 0 Å². The second kappa shape index (κ2) is 4.29. The molecular formula is C14H16N4. The van der Waals surface area contributed by atoms with Crippen molar-refractivity contribution in [1.29, 1.82) is 0 Å². The van der Waals surface area contributed by atoms with E-state index in [4.69, 9.17) is 0 Å². The summed E-state index contributed by atoms with van der Waals surface area (Å²) in [5, 5.41) is 5.44. The number of rotatable bonds is 3. The molecular weight excluding hydrogens is 224 g/mol. The van der Waals surface area contributed by atoms with Crippen molar-refractivity contribution in [3.63, 3.8) is 0 Å². The average molecular weight is 240 g/mol. The molecule has 0 spiro atoms. The molecule has 0 bridgehead atoms. The van der Waals surface area contributed by atoms with E-state index in [0.717, 1.165) is 6.54 Å². The second-order valence-electron chi connectivity index (χ2n) is 4.87. The van der Waals surface area contributed by atoms with E-state index in [1.807, 2.05) is 4.68 Å². The number of nitrogens with zero attached hydrogens (tertiary/aromatic N) is 3. The predicted molar refractivity (Wildman–Crippen MR) is 71.5 cm³/mol. The molecule has 4 heteroatoms. The van der Waals surface area contributed by atoms with Crippen LogP contribution in [0.4, 0.5) is 0 Å². The van der Waals surface area contributed by atoms with E-state index in [9.17, 15) is 0 Å². The molecule has 2 heterocycles. The highest BCUT2D eigenvalue weighted by Gasteiger charge is 2.08. The van der Waals surface area contributed by atoms with Crippen LogP contribution in [0.5, 0.6) is 0 Å². The minimum Gasteiger partial charge on any atom is -0.361 e. The third-order valence-corrected chi connectivity index (χ3v) is 3.21. The molecule has 0 aliphatic rings. The Morgan fingerprint density at radius 1 is 1.33 bits per heavy atom. The van der Waals surface area contributed by atoms with E-state index in [-0.39, 0.29) is 0 Å². The summed E-state index contributed by atoms with van der Waals surface area (Å²) in [7, 11) is 0. The van der Waals surface area contributed by atoms with Crippen molar-refractivity contribution >= 4 is 10.9 Å². The molecule has 0 fully saturated rings. The number of aromatic amines is 1. The molecule has 92 valence electrons. The van der Waals surface area contributed by atoms with Crippen molar-refractivity contribution in [3.05, 3.63) is 48.2 Å². The first kappa shape index (κ1) is 11.0. The summed E-state index contributed by atoms with van der Waals surface area (Å²) < 4.78 is 1.84. The highest BCUT2D eigenvalue weighted by atomic mass is 15.3. The van der Waals surface area contributed by atoms with Gasteiger partial charge in [0.1, 0.15) is 12.7 Å². The highest BCUT2D eigenvalue weighted by Crippen LogP contribution is 2.26. The SMILES string of the molecule is CC(C)c1c[nH]c2ccc(Cn3cncn3)cc12. The average Bonchev–Trinajstić information content (AvgIpc) is 2.97. The first-order valence-corrected chi connectivity index (χ1v) is 6.16. The Morgan fingerprint density at radius 2 is 2.22 bits per heavy atom. The van der Waals surface area contributed by atoms with Crippen LogP contribution in [0.25, 0.3) is 10.9 Å². The van der Waals surface area contributed by atoms with Crippen molar-refractivity contribution in [3.8, 4) is 0 Å². The van der Waals surface area contributed by atoms with Crippen molar-refractivity contribution in [2.75, 3.05) is 0 Å². The first-order chi connectivity index (χ1) is 8.74. The molecule has 3 aromatic rings. The maximum atomic E-state index is 4.13. The van der Waals surface area contributed by atoms with Crippen LogP contribution in [0.1, 0.15) is 30.9 Å². The van der Waals surface area contributed by atoms with Gasteiger partial charge in [-0.3, -0.25) is 0 Å². The zero-order valence-electron chi connectivity index (χ0n) is 10.6. The van der Waals surface area contributed by atoms with Crippen LogP contribution < -0.4 is 0 Å². The first-order valence-electron chi connectivity index (χ1n) is 6.16. The fourth-order valence-corrected chi connectivity index (χ4v) is 2.27. The summed E-state index contributed by atoms with van der Waals surface area (Å²) in [4.78, 5) is 7.28. The zero-order valence-corrected chi connectivity index (χ0v) is 10.6. The van der Waals surface area contributed by atoms with Crippen LogP contribution in [-0.4, -0.2) is 19.7 Å². The predicted octanol–water partition coefficient (Wildman–Crippen LogP) is 2.93. The van der Waals surface area contributed by atoms with Gasteiger partial charge in [-0.15, -0.1) is 0 Å². The molecule has 0 aliphatic carbocycles. The van der Waals surface area contributed by atoms with Gasteiger partial charge in [-0.05, 0) is 29.2 Å². The molecule has 3 rings (SSSR count). The minimum atomic E-state index is 0.528. The van der Waals surface area contributed by atoms with Crippen LogP contribution in [0, 0.1) is 0 Å². The Kier molecular flexibility index (Phi) is 2.63. The number of hydrogen-bond donors (Lipinski definition) is 1. The quantitative estimate of drug-likeness (QED) is 0.765. The van der Waals surface area contributed by atoms with Gasteiger partial charge < -0.3 is 4.98 Å². The molecule has 18 heavy (non-hydrogen) atoms. The van der Waals surface area contributed by atoms with Crippen LogP contribution in [0.15, 0.2) is 37.1 Å². The maximum Gasteiger partial charge on any atom is 0.137 e. The van der Waals surface area contributed by atoms with E-state index in [1.54, 1.807) is 12.7 Å². The van der Waals surface area contributed by atoms with Crippen molar-refractivity contribution in [2.24, 2.45) is 0 Å². The Balaban J connectivity index is 2.01. The van der Waals surface area contributed by atoms with E-state index in [2.05, 4.69) is 53.3 Å². The summed E-state index contributed by atoms with van der Waals surface area (Å²) in [6.07, 6.45) is 5.41. The summed E-state index contributed by atoms with van der Waals surface area (Å²) in [6.45, 7) is 5.19. The standard InChI is InChI=1S/C14H16N4/c1-10(2)13-6-16-14-4-3-11(5-12(13)14)7-18-9-15-8-17-18/h3-6,8-10,16H,7H2,1-2H3. The lowest BCUT2D eigenvalue weighted by Gasteiger charge is -2.05. The van der Waals surface area contributed by atoms with Crippen LogP contribution in [0.3, 0.4) is 0 Å². The molecule has 0 unspecified atom stereocenters. The van der Waals surface area contributed by atoms with Crippen molar-refractivity contribution < 1.29 is 0 Å². The van der Waals surface area contributed by atoms with Crippen molar-refractivity contribution in [2.45, 2.75) is 26.3 Å². The van der Waals surface area contributed by atoms with Gasteiger partial charge in [0.05, 0.1) is 6.54 Å². The third-order valence-electron chi connectivity index (χ3n) is 3.21. The molecule has 4 nitrogen and oxygen atoms in total. The smallest absolute Gasteiger partial charge is 0.137 e. The summed E-state index contributed by atoms with van der Waals surface area (Å²) in [5.41, 5.74) is 3.81. The second-order valence-corrected chi connectivity index (χ2v) is 4.87. The molecule has 0 saturated carbocycles. The maximum absolute atomic E-state index is 4.13. The largest absolute Gasteiger partial charge is 0.361 e. The Bertz CT molecular complexity index is 650. The molecule has 0 atom stereocenters. The topological polar surface area (TPSA) is 46.5 Å². The van der Waals surface area contributed by atoms with Crippen LogP contribution in [0.2, 0.25) is 0 Å². The van der Waals surface area contributed by atoms with E-state index >= 15 is 0 Å². The number of aromatic nitrogens is 4. The van der Waals surface area contributed by atoms with Gasteiger partial charge in [0.2, 0.25) is 0 Å². The van der Waals surface area contributed by atoms with Gasteiger partial charge in [0, 0.05) is 17.1 Å². The van der Waals surface area contributed by atoms with Gasteiger partial charge in [-0.2, -0.15) is 5.10 Å². The normalized spacial score (nSPS) is 11.5. The van der Waals surface area contributed by atoms with E-state index in [1.165, 1.54) is 22.0 Å². The van der Waals surface area contributed by atoms with Crippen LogP contribution >= 0.6 is 0 Å². The molecule has 1 N–H and O–H groups in total. The lowest BCUT2D eigenvalue weighted by Crippen LogP contribution is -1.99. The number of fused-ring (bicyclic) bond motifs is 1. The lowest BCUT2D eigenvalue weighted by atomic mass is 10.0. The number of H-pyrrole nitrogens is 1. The van der Waals surface area contributed by atoms with Gasteiger partial charge in [0.25, 0.3) is 0 Å². The highest BCUT2D eigenvalue weighted by molar-refractivity contribution is 5.84. The van der Waals surface area contributed by atoms with Crippen LogP contribution in [-0.2, 0) is 6.54 Å². The Labute approximate surface area is 106 Å². The fraction of sp³-hybridized carbons (Fsp3) is 0.286. The number of nitrogens with one attached hydrogen (secondary N) is 1. The van der Waals surface area contributed by atoms with E-state index in [0.29, 0.717) is 5.92 Å². The van der Waals surface area contributed by atoms with Gasteiger partial charge in [-0.1, -0.05) is 19.9 Å². The fourth-order valence-electron chi connectivity index (χ4n) is 2.27. The molecule has 2 aromatic heterocycles. The van der Waals surface area contributed by atoms with Gasteiger partial charge in [-0.25, -0.2) is 9.67 Å². The van der Waals surface area contributed by atoms with Gasteiger partial charge >= 0.3 is 0 Å². The van der Waals surface area contributed by atoms with Gasteiger partial charge in [0.15, 0.2) is 0 Å². The number of hydrogen-bond acceptors (Lipinski definition) is 2. The monoisotopic (exact) mass is 240 g/mol. The summed E-state index contributed by atoms with van der Waals surface area (Å²) in [6, 6.07) is 6.50. The zero-order chi connectivity index (χ0) is 12.5. The third kappa shape index (κ3) is 1.90. The molecule has 1 aromatic carbocycles. The minimum absolute atomic E-state index is 0.528. The molecule has 0 saturated heterocycles. The Morgan fingerprint density at radius 3 is 2.94 bits per heavy atom. The molecule has 0 radical (unpaired) electrons. The molecule has 0 aliphatic heterocycles.